The van der Waals surface area contributed by atoms with Gasteiger partial charge in [0.25, 0.3) is 0 Å². The maximum absolute atomic E-state index is 12.2. The van der Waals surface area contributed by atoms with Crippen molar-refractivity contribution in [2.24, 2.45) is 0 Å². The number of aryl methyl sites for hydroxylation is 1. The first-order valence-corrected chi connectivity index (χ1v) is 9.41. The molecule has 3 rings (SSSR count). The summed E-state index contributed by atoms with van der Waals surface area (Å²) in [6.45, 7) is 10.7. The Kier molecular flexibility index (Phi) is 4.99. The van der Waals surface area contributed by atoms with Crippen molar-refractivity contribution in [2.75, 3.05) is 31.1 Å². The number of thiazole rings is 1. The summed E-state index contributed by atoms with van der Waals surface area (Å²) in [5.41, 5.74) is 1.75. The highest BCUT2D eigenvalue weighted by Crippen LogP contribution is 2.32. The Labute approximate surface area is 153 Å². The van der Waals surface area contributed by atoms with Gasteiger partial charge in [-0.2, -0.15) is 0 Å². The van der Waals surface area contributed by atoms with Gasteiger partial charge in [0.05, 0.1) is 5.69 Å². The normalized spacial score (nSPS) is 15.4. The standard InChI is InChI=1S/C19H25N3O2S/c1-14-16(15-8-6-5-7-9-15)20-17(25-14)21-10-12-22(13-11-21)18(23)24-19(2,3)4/h5-9H,10-13H2,1-4H3. The van der Waals surface area contributed by atoms with E-state index in [0.717, 1.165) is 29.5 Å². The number of hydrogen-bond acceptors (Lipinski definition) is 5. The fraction of sp³-hybridized carbons (Fsp3) is 0.474. The number of carbonyl (C=O) groups excluding carboxylic acids is 1. The van der Waals surface area contributed by atoms with Crippen LogP contribution in [0.3, 0.4) is 0 Å². The van der Waals surface area contributed by atoms with Crippen LogP contribution in [0.1, 0.15) is 25.6 Å². The molecule has 0 N–H and O–H groups in total. The van der Waals surface area contributed by atoms with Crippen LogP contribution in [-0.2, 0) is 4.74 Å². The van der Waals surface area contributed by atoms with Gasteiger partial charge in [-0.15, -0.1) is 11.3 Å². The lowest BCUT2D eigenvalue weighted by atomic mass is 10.1. The van der Waals surface area contributed by atoms with Gasteiger partial charge in [0, 0.05) is 36.6 Å². The predicted molar refractivity (Wildman–Crippen MR) is 102 cm³/mol. The Balaban J connectivity index is 1.65. The fourth-order valence-electron chi connectivity index (χ4n) is 2.79. The van der Waals surface area contributed by atoms with Crippen LogP contribution in [0.25, 0.3) is 11.3 Å². The molecule has 0 saturated carbocycles. The summed E-state index contributed by atoms with van der Waals surface area (Å²) in [7, 11) is 0. The summed E-state index contributed by atoms with van der Waals surface area (Å²) >= 11 is 1.72. The topological polar surface area (TPSA) is 45.7 Å². The molecule has 1 aliphatic rings. The van der Waals surface area contributed by atoms with Gasteiger partial charge in [0.2, 0.25) is 0 Å². The third kappa shape index (κ3) is 4.31. The number of benzene rings is 1. The predicted octanol–water partition coefficient (Wildman–Crippen LogP) is 4.18. The molecule has 1 fully saturated rings. The number of rotatable bonds is 2. The van der Waals surface area contributed by atoms with E-state index in [1.165, 1.54) is 4.88 Å². The molecule has 0 bridgehead atoms. The highest BCUT2D eigenvalue weighted by Gasteiger charge is 2.27. The summed E-state index contributed by atoms with van der Waals surface area (Å²) in [6, 6.07) is 10.3. The van der Waals surface area contributed by atoms with E-state index in [1.807, 2.05) is 39.0 Å². The van der Waals surface area contributed by atoms with Crippen LogP contribution in [0, 0.1) is 6.92 Å². The monoisotopic (exact) mass is 359 g/mol. The first kappa shape index (κ1) is 17.7. The van der Waals surface area contributed by atoms with Crippen LogP contribution in [0.5, 0.6) is 0 Å². The second-order valence-corrected chi connectivity index (χ2v) is 8.40. The summed E-state index contributed by atoms with van der Waals surface area (Å²) in [6.07, 6.45) is -0.229. The summed E-state index contributed by atoms with van der Waals surface area (Å²) in [5, 5.41) is 1.03. The smallest absolute Gasteiger partial charge is 0.410 e. The Hall–Kier alpha value is -2.08. The molecule has 0 spiro atoms. The first-order valence-electron chi connectivity index (χ1n) is 8.59. The van der Waals surface area contributed by atoms with Gasteiger partial charge in [0.1, 0.15) is 5.60 Å². The molecule has 6 heteroatoms. The molecular formula is C19H25N3O2S. The Bertz CT molecular complexity index is 729. The molecule has 0 atom stereocenters. The van der Waals surface area contributed by atoms with E-state index in [0.29, 0.717) is 13.1 Å². The number of hydrogen-bond donors (Lipinski definition) is 0. The van der Waals surface area contributed by atoms with Crippen LogP contribution in [0.15, 0.2) is 30.3 Å². The molecule has 5 nitrogen and oxygen atoms in total. The molecule has 1 amide bonds. The zero-order valence-electron chi connectivity index (χ0n) is 15.3. The molecule has 0 unspecified atom stereocenters. The molecule has 1 aromatic carbocycles. The number of aromatic nitrogens is 1. The molecule has 25 heavy (non-hydrogen) atoms. The molecule has 1 aliphatic heterocycles. The lowest BCUT2D eigenvalue weighted by molar-refractivity contribution is 0.0240. The highest BCUT2D eigenvalue weighted by atomic mass is 32.1. The maximum atomic E-state index is 12.2. The minimum atomic E-state index is -0.453. The molecule has 0 radical (unpaired) electrons. The first-order chi connectivity index (χ1) is 11.8. The molecule has 134 valence electrons. The van der Waals surface area contributed by atoms with Crippen LogP contribution in [0.2, 0.25) is 0 Å². The van der Waals surface area contributed by atoms with Crippen LogP contribution < -0.4 is 4.90 Å². The van der Waals surface area contributed by atoms with Crippen molar-refractivity contribution in [2.45, 2.75) is 33.3 Å². The maximum Gasteiger partial charge on any atom is 0.410 e. The molecular weight excluding hydrogens is 334 g/mol. The highest BCUT2D eigenvalue weighted by molar-refractivity contribution is 7.16. The average molecular weight is 359 g/mol. The number of carbonyl (C=O) groups is 1. The largest absolute Gasteiger partial charge is 0.444 e. The van der Waals surface area contributed by atoms with E-state index < -0.39 is 5.60 Å². The SMILES string of the molecule is Cc1sc(N2CCN(C(=O)OC(C)(C)C)CC2)nc1-c1ccccc1. The van der Waals surface area contributed by atoms with Crippen molar-refractivity contribution in [1.29, 1.82) is 0 Å². The molecule has 2 aromatic rings. The van der Waals surface area contributed by atoms with E-state index in [4.69, 9.17) is 9.72 Å². The molecule has 1 saturated heterocycles. The van der Waals surface area contributed by atoms with E-state index in [1.54, 1.807) is 16.2 Å². The minimum absolute atomic E-state index is 0.229. The van der Waals surface area contributed by atoms with E-state index in [9.17, 15) is 4.79 Å². The van der Waals surface area contributed by atoms with Gasteiger partial charge >= 0.3 is 6.09 Å². The van der Waals surface area contributed by atoms with Crippen molar-refractivity contribution in [1.82, 2.24) is 9.88 Å². The molecule has 2 heterocycles. The zero-order valence-corrected chi connectivity index (χ0v) is 16.1. The Morgan fingerprint density at radius 1 is 1.12 bits per heavy atom. The third-order valence-corrected chi connectivity index (χ3v) is 5.07. The number of anilines is 1. The Morgan fingerprint density at radius 2 is 1.76 bits per heavy atom. The van der Waals surface area contributed by atoms with Crippen LogP contribution in [-0.4, -0.2) is 47.8 Å². The lowest BCUT2D eigenvalue weighted by Gasteiger charge is -2.35. The van der Waals surface area contributed by atoms with E-state index in [-0.39, 0.29) is 6.09 Å². The van der Waals surface area contributed by atoms with Gasteiger partial charge in [-0.25, -0.2) is 9.78 Å². The lowest BCUT2D eigenvalue weighted by Crippen LogP contribution is -2.50. The quantitative estimate of drug-likeness (QED) is 0.807. The van der Waals surface area contributed by atoms with Crippen LogP contribution >= 0.6 is 11.3 Å². The number of ether oxygens (including phenoxy) is 1. The van der Waals surface area contributed by atoms with Gasteiger partial charge in [-0.3, -0.25) is 0 Å². The van der Waals surface area contributed by atoms with E-state index >= 15 is 0 Å². The fourth-order valence-corrected chi connectivity index (χ4v) is 3.77. The van der Waals surface area contributed by atoms with Crippen molar-refractivity contribution in [3.8, 4) is 11.3 Å². The number of nitrogens with zero attached hydrogens (tertiary/aromatic N) is 3. The van der Waals surface area contributed by atoms with Crippen molar-refractivity contribution >= 4 is 22.6 Å². The summed E-state index contributed by atoms with van der Waals surface area (Å²) < 4.78 is 5.45. The number of piperazine rings is 1. The van der Waals surface area contributed by atoms with Crippen LogP contribution in [0.4, 0.5) is 9.93 Å². The van der Waals surface area contributed by atoms with Gasteiger partial charge < -0.3 is 14.5 Å². The summed E-state index contributed by atoms with van der Waals surface area (Å²) in [4.78, 5) is 22.3. The van der Waals surface area contributed by atoms with Gasteiger partial charge in [0.15, 0.2) is 5.13 Å². The number of amides is 1. The molecule has 0 aliphatic carbocycles. The van der Waals surface area contributed by atoms with Crippen molar-refractivity contribution in [3.63, 3.8) is 0 Å². The summed E-state index contributed by atoms with van der Waals surface area (Å²) in [5.74, 6) is 0. The van der Waals surface area contributed by atoms with E-state index in [2.05, 4.69) is 24.0 Å². The zero-order chi connectivity index (χ0) is 18.0. The third-order valence-electron chi connectivity index (χ3n) is 4.03. The van der Waals surface area contributed by atoms with Crippen molar-refractivity contribution < 1.29 is 9.53 Å². The van der Waals surface area contributed by atoms with Crippen molar-refractivity contribution in [3.05, 3.63) is 35.2 Å². The minimum Gasteiger partial charge on any atom is -0.444 e. The van der Waals surface area contributed by atoms with Gasteiger partial charge in [-0.05, 0) is 27.7 Å². The Morgan fingerprint density at radius 3 is 2.36 bits per heavy atom. The second kappa shape index (κ2) is 7.04. The average Bonchev–Trinajstić information content (AvgIpc) is 2.96. The molecule has 1 aromatic heterocycles. The van der Waals surface area contributed by atoms with Gasteiger partial charge in [-0.1, -0.05) is 30.3 Å². The second-order valence-electron chi connectivity index (χ2n) is 7.22.